The molecule has 1 amide bonds. The first-order valence-corrected chi connectivity index (χ1v) is 9.13. The first-order chi connectivity index (χ1) is 13.7. The van der Waals surface area contributed by atoms with Gasteiger partial charge in [0, 0.05) is 5.69 Å². The highest BCUT2D eigenvalue weighted by Gasteiger charge is 2.20. The molecule has 1 N–H and O–H groups in total. The predicted octanol–water partition coefficient (Wildman–Crippen LogP) is 5.28. The van der Waals surface area contributed by atoms with Gasteiger partial charge in [0.2, 0.25) is 0 Å². The van der Waals surface area contributed by atoms with Gasteiger partial charge in [-0.15, -0.1) is 0 Å². The van der Waals surface area contributed by atoms with Crippen LogP contribution in [-0.4, -0.2) is 19.1 Å². The predicted molar refractivity (Wildman–Crippen MR) is 109 cm³/mol. The number of nitrogens with one attached hydrogen (secondary N) is 1. The zero-order chi connectivity index (χ0) is 19.8. The molecule has 0 aromatic heterocycles. The van der Waals surface area contributed by atoms with Crippen LogP contribution >= 0.6 is 0 Å². The third-order valence-corrected chi connectivity index (χ3v) is 4.10. The van der Waals surface area contributed by atoms with Crippen molar-refractivity contribution in [3.8, 4) is 23.0 Å². The minimum Gasteiger partial charge on any atom is -0.493 e. The molecular weight excluding hydrogens is 354 g/mol. The summed E-state index contributed by atoms with van der Waals surface area (Å²) >= 11 is 0. The maximum atomic E-state index is 12.6. The highest BCUT2D eigenvalue weighted by atomic mass is 16.5. The summed E-state index contributed by atoms with van der Waals surface area (Å²) in [6.07, 6.45) is -0.101. The van der Waals surface area contributed by atoms with Gasteiger partial charge in [-0.1, -0.05) is 37.3 Å². The summed E-state index contributed by atoms with van der Waals surface area (Å²) in [6.45, 7) is 1.90. The molecule has 0 heterocycles. The van der Waals surface area contributed by atoms with Gasteiger partial charge >= 0.3 is 0 Å². The lowest BCUT2D eigenvalue weighted by atomic mass is 10.2. The molecule has 0 aliphatic heterocycles. The molecule has 5 nitrogen and oxygen atoms in total. The van der Waals surface area contributed by atoms with E-state index in [0.717, 1.165) is 5.75 Å². The van der Waals surface area contributed by atoms with Gasteiger partial charge in [0.05, 0.1) is 7.11 Å². The van der Waals surface area contributed by atoms with Crippen LogP contribution in [0, 0.1) is 0 Å². The van der Waals surface area contributed by atoms with E-state index in [1.54, 1.807) is 31.4 Å². The maximum absolute atomic E-state index is 12.6. The van der Waals surface area contributed by atoms with Gasteiger partial charge in [-0.2, -0.15) is 0 Å². The number of ether oxygens (including phenoxy) is 3. The lowest BCUT2D eigenvalue weighted by Crippen LogP contribution is -2.32. The number of hydrogen-bond acceptors (Lipinski definition) is 4. The van der Waals surface area contributed by atoms with Crippen molar-refractivity contribution in [2.45, 2.75) is 19.4 Å². The van der Waals surface area contributed by atoms with Gasteiger partial charge in [0.25, 0.3) is 5.91 Å². The molecule has 3 rings (SSSR count). The Morgan fingerprint density at radius 1 is 0.857 bits per heavy atom. The maximum Gasteiger partial charge on any atom is 0.265 e. The summed E-state index contributed by atoms with van der Waals surface area (Å²) < 4.78 is 16.9. The van der Waals surface area contributed by atoms with E-state index in [1.807, 2.05) is 61.5 Å². The average molecular weight is 377 g/mol. The molecule has 28 heavy (non-hydrogen) atoms. The fourth-order valence-corrected chi connectivity index (χ4v) is 2.65. The molecule has 5 heteroatoms. The third kappa shape index (κ3) is 5.04. The first-order valence-electron chi connectivity index (χ1n) is 9.13. The van der Waals surface area contributed by atoms with Crippen LogP contribution in [0.4, 0.5) is 5.69 Å². The van der Waals surface area contributed by atoms with Crippen molar-refractivity contribution in [2.24, 2.45) is 0 Å². The van der Waals surface area contributed by atoms with Crippen molar-refractivity contribution in [3.05, 3.63) is 78.9 Å². The Morgan fingerprint density at radius 3 is 2.11 bits per heavy atom. The number of anilines is 1. The zero-order valence-electron chi connectivity index (χ0n) is 15.9. The smallest absolute Gasteiger partial charge is 0.265 e. The van der Waals surface area contributed by atoms with E-state index in [9.17, 15) is 4.79 Å². The molecule has 0 spiro atoms. The molecule has 0 bridgehead atoms. The van der Waals surface area contributed by atoms with Crippen molar-refractivity contribution >= 4 is 11.6 Å². The van der Waals surface area contributed by atoms with Gasteiger partial charge in [-0.3, -0.25) is 4.79 Å². The molecule has 0 saturated carbocycles. The largest absolute Gasteiger partial charge is 0.493 e. The summed E-state index contributed by atoms with van der Waals surface area (Å²) in [5.74, 6) is 2.37. The lowest BCUT2D eigenvalue weighted by molar-refractivity contribution is -0.122. The second kappa shape index (κ2) is 9.46. The fraction of sp³-hybridized carbons (Fsp3) is 0.174. The molecule has 1 atom stereocenters. The van der Waals surface area contributed by atoms with Crippen LogP contribution in [-0.2, 0) is 4.79 Å². The Kier molecular flexibility index (Phi) is 6.52. The van der Waals surface area contributed by atoms with Crippen LogP contribution in [0.25, 0.3) is 0 Å². The number of carbonyl (C=O) groups excluding carboxylic acids is 1. The minimum atomic E-state index is -0.628. The van der Waals surface area contributed by atoms with E-state index < -0.39 is 6.10 Å². The Morgan fingerprint density at radius 2 is 1.46 bits per heavy atom. The summed E-state index contributed by atoms with van der Waals surface area (Å²) in [4.78, 5) is 12.6. The van der Waals surface area contributed by atoms with E-state index in [4.69, 9.17) is 14.2 Å². The summed E-state index contributed by atoms with van der Waals surface area (Å²) in [5.41, 5.74) is 0.674. The van der Waals surface area contributed by atoms with Crippen LogP contribution in [0.2, 0.25) is 0 Å². The van der Waals surface area contributed by atoms with E-state index in [-0.39, 0.29) is 5.91 Å². The average Bonchev–Trinajstić information content (AvgIpc) is 2.74. The Bertz CT molecular complexity index is 894. The van der Waals surface area contributed by atoms with Crippen molar-refractivity contribution in [2.75, 3.05) is 12.4 Å². The van der Waals surface area contributed by atoms with E-state index in [0.29, 0.717) is 29.4 Å². The molecular formula is C23H23NO4. The Labute approximate surface area is 164 Å². The molecule has 0 saturated heterocycles. The number of methoxy groups -OCH3 is 1. The zero-order valence-corrected chi connectivity index (χ0v) is 15.9. The van der Waals surface area contributed by atoms with Gasteiger partial charge in [0.15, 0.2) is 17.6 Å². The van der Waals surface area contributed by atoms with Crippen molar-refractivity contribution in [1.29, 1.82) is 0 Å². The van der Waals surface area contributed by atoms with Crippen molar-refractivity contribution in [1.82, 2.24) is 0 Å². The third-order valence-electron chi connectivity index (χ3n) is 4.10. The highest BCUT2D eigenvalue weighted by molar-refractivity contribution is 5.94. The highest BCUT2D eigenvalue weighted by Crippen LogP contribution is 2.28. The molecule has 0 aliphatic rings. The monoisotopic (exact) mass is 377 g/mol. The number of carbonyl (C=O) groups is 1. The topological polar surface area (TPSA) is 56.8 Å². The number of hydrogen-bond donors (Lipinski definition) is 1. The van der Waals surface area contributed by atoms with Gasteiger partial charge in [-0.05, 0) is 55.0 Å². The molecule has 0 radical (unpaired) electrons. The summed E-state index contributed by atoms with van der Waals surface area (Å²) in [6, 6.07) is 24.0. The van der Waals surface area contributed by atoms with Crippen LogP contribution in [0.3, 0.4) is 0 Å². The molecule has 0 aliphatic carbocycles. The second-order valence-corrected chi connectivity index (χ2v) is 6.09. The molecule has 0 unspecified atom stereocenters. The van der Waals surface area contributed by atoms with Crippen molar-refractivity contribution < 1.29 is 19.0 Å². The number of rotatable bonds is 8. The molecule has 0 fully saturated rings. The number of benzene rings is 3. The number of amides is 1. The minimum absolute atomic E-state index is 0.217. The van der Waals surface area contributed by atoms with Crippen LogP contribution < -0.4 is 19.5 Å². The first kappa shape index (κ1) is 19.3. The second-order valence-electron chi connectivity index (χ2n) is 6.09. The molecule has 144 valence electrons. The van der Waals surface area contributed by atoms with Gasteiger partial charge in [0.1, 0.15) is 11.5 Å². The van der Waals surface area contributed by atoms with Gasteiger partial charge in [-0.25, -0.2) is 0 Å². The Hall–Kier alpha value is -3.47. The van der Waals surface area contributed by atoms with Crippen LogP contribution in [0.15, 0.2) is 78.9 Å². The summed E-state index contributed by atoms with van der Waals surface area (Å²) in [7, 11) is 1.57. The van der Waals surface area contributed by atoms with E-state index in [2.05, 4.69) is 5.32 Å². The van der Waals surface area contributed by atoms with Crippen molar-refractivity contribution in [3.63, 3.8) is 0 Å². The molecule has 3 aromatic carbocycles. The van der Waals surface area contributed by atoms with Crippen LogP contribution in [0.5, 0.6) is 23.0 Å². The van der Waals surface area contributed by atoms with Crippen LogP contribution in [0.1, 0.15) is 13.3 Å². The van der Waals surface area contributed by atoms with E-state index in [1.165, 1.54) is 0 Å². The Balaban J connectivity index is 1.62. The fourth-order valence-electron chi connectivity index (χ4n) is 2.65. The lowest BCUT2D eigenvalue weighted by Gasteiger charge is -2.19. The normalized spacial score (nSPS) is 11.4. The summed E-state index contributed by atoms with van der Waals surface area (Å²) in [5, 5.41) is 2.88. The number of para-hydroxylation sites is 3. The molecule has 3 aromatic rings. The SMILES string of the molecule is CC[C@@H](Oc1ccccc1OC)C(=O)Nc1ccc(Oc2ccccc2)cc1. The van der Waals surface area contributed by atoms with E-state index >= 15 is 0 Å². The standard InChI is InChI=1S/C23H23NO4/c1-3-20(28-22-12-8-7-11-21(22)26-2)23(25)24-17-13-15-19(16-14-17)27-18-9-5-4-6-10-18/h4-16,20H,3H2,1-2H3,(H,24,25)/t20-/m1/s1. The quantitative estimate of drug-likeness (QED) is 0.580. The van der Waals surface area contributed by atoms with Gasteiger partial charge < -0.3 is 19.5 Å².